The number of Topliss-reactive ketones (excluding diaryl/α,β-unsaturated/α-hetero) is 2. The van der Waals surface area contributed by atoms with E-state index in [0.717, 1.165) is 4.47 Å². The highest BCUT2D eigenvalue weighted by molar-refractivity contribution is 9.10. The molecule has 1 aliphatic rings. The summed E-state index contributed by atoms with van der Waals surface area (Å²) in [6, 6.07) is 16.8. The van der Waals surface area contributed by atoms with Crippen LogP contribution in [0.1, 0.15) is 26.3 Å². The second-order valence-electron chi connectivity index (χ2n) is 6.48. The van der Waals surface area contributed by atoms with E-state index in [1.54, 1.807) is 66.7 Å². The summed E-state index contributed by atoms with van der Waals surface area (Å²) in [5.41, 5.74) is 1.59. The monoisotopic (exact) mass is 502 g/mol. The first-order valence-corrected chi connectivity index (χ1v) is 10.4. The molecule has 1 heterocycles. The van der Waals surface area contributed by atoms with E-state index in [4.69, 9.17) is 32.7 Å². The Hall–Kier alpha value is -2.60. The van der Waals surface area contributed by atoms with Crippen LogP contribution in [0.3, 0.4) is 0 Å². The fourth-order valence-electron chi connectivity index (χ4n) is 2.88. The van der Waals surface area contributed by atoms with Crippen molar-refractivity contribution in [3.63, 3.8) is 0 Å². The molecule has 3 aromatic carbocycles. The van der Waals surface area contributed by atoms with Gasteiger partial charge >= 0.3 is 0 Å². The summed E-state index contributed by atoms with van der Waals surface area (Å²) >= 11 is 15.4. The summed E-state index contributed by atoms with van der Waals surface area (Å²) in [6.45, 7) is -0.128. The van der Waals surface area contributed by atoms with Crippen molar-refractivity contribution in [2.75, 3.05) is 6.61 Å². The molecule has 0 fully saturated rings. The Bertz CT molecular complexity index is 1190. The third-order valence-corrected chi connectivity index (χ3v) is 5.52. The lowest BCUT2D eigenvalue weighted by atomic mass is 10.1. The van der Waals surface area contributed by atoms with Crippen molar-refractivity contribution in [3.8, 4) is 11.5 Å². The molecule has 4 rings (SSSR count). The maximum atomic E-state index is 12.6. The summed E-state index contributed by atoms with van der Waals surface area (Å²) in [6.07, 6.45) is 1.57. The topological polar surface area (TPSA) is 52.6 Å². The van der Waals surface area contributed by atoms with Gasteiger partial charge in [0.15, 0.2) is 18.1 Å². The highest BCUT2D eigenvalue weighted by atomic mass is 79.9. The van der Waals surface area contributed by atoms with Gasteiger partial charge in [-0.15, -0.1) is 0 Å². The zero-order valence-corrected chi connectivity index (χ0v) is 18.4. The molecular formula is C23H13BrCl2O4. The predicted molar refractivity (Wildman–Crippen MR) is 120 cm³/mol. The Kier molecular flexibility index (Phi) is 5.95. The third kappa shape index (κ3) is 4.43. The van der Waals surface area contributed by atoms with Crippen LogP contribution in [0.4, 0.5) is 0 Å². The van der Waals surface area contributed by atoms with E-state index in [9.17, 15) is 9.59 Å². The van der Waals surface area contributed by atoms with Crippen molar-refractivity contribution < 1.29 is 19.1 Å². The first-order valence-electron chi connectivity index (χ1n) is 8.85. The minimum Gasteiger partial charge on any atom is -0.485 e. The Balaban J connectivity index is 1.48. The molecule has 0 radical (unpaired) electrons. The molecule has 7 heteroatoms. The number of hydrogen-bond donors (Lipinski definition) is 0. The molecule has 0 spiro atoms. The molecule has 0 aliphatic carbocycles. The molecule has 0 bridgehead atoms. The van der Waals surface area contributed by atoms with Crippen molar-refractivity contribution in [2.24, 2.45) is 0 Å². The second-order valence-corrected chi connectivity index (χ2v) is 8.24. The number of carbonyl (C=O) groups excluding carboxylic acids is 2. The first kappa shape index (κ1) is 20.7. The lowest BCUT2D eigenvalue weighted by molar-refractivity contribution is 0.0921. The first-order chi connectivity index (χ1) is 14.4. The molecule has 0 atom stereocenters. The average molecular weight is 504 g/mol. The van der Waals surface area contributed by atoms with Gasteiger partial charge in [-0.3, -0.25) is 9.59 Å². The maximum absolute atomic E-state index is 12.6. The minimum atomic E-state index is -0.256. The molecule has 0 aromatic heterocycles. The third-order valence-electron chi connectivity index (χ3n) is 4.43. The maximum Gasteiger partial charge on any atom is 0.231 e. The average Bonchev–Trinajstić information content (AvgIpc) is 3.03. The summed E-state index contributed by atoms with van der Waals surface area (Å²) in [7, 11) is 0. The number of carbonyl (C=O) groups is 2. The van der Waals surface area contributed by atoms with Gasteiger partial charge in [0, 0.05) is 26.1 Å². The number of halogens is 3. The van der Waals surface area contributed by atoms with E-state index < -0.39 is 0 Å². The van der Waals surface area contributed by atoms with Crippen molar-refractivity contribution in [3.05, 3.63) is 97.6 Å². The Labute approximate surface area is 191 Å². The smallest absolute Gasteiger partial charge is 0.231 e. The predicted octanol–water partition coefficient (Wildman–Crippen LogP) is 6.63. The van der Waals surface area contributed by atoms with Crippen LogP contribution in [0.15, 0.2) is 70.9 Å². The second kappa shape index (κ2) is 8.64. The molecule has 4 nitrogen and oxygen atoms in total. The molecule has 150 valence electrons. The molecule has 0 saturated carbocycles. The molecule has 0 N–H and O–H groups in total. The summed E-state index contributed by atoms with van der Waals surface area (Å²) in [4.78, 5) is 24.9. The molecule has 3 aromatic rings. The standard InChI is InChI=1S/C23H13BrCl2O4/c24-15-4-1-13(2-5-15)20(27)12-29-17-7-8-18-21(11-17)30-22(23(18)28)9-14-3-6-16(25)10-19(14)26/h1-11H,12H2/b22-9-. The van der Waals surface area contributed by atoms with Crippen LogP contribution >= 0.6 is 39.1 Å². The van der Waals surface area contributed by atoms with Gasteiger partial charge < -0.3 is 9.47 Å². The number of allylic oxidation sites excluding steroid dienone is 1. The molecular weight excluding hydrogens is 491 g/mol. The van der Waals surface area contributed by atoms with E-state index in [-0.39, 0.29) is 23.9 Å². The van der Waals surface area contributed by atoms with E-state index in [1.165, 1.54) is 0 Å². The Morgan fingerprint density at radius 1 is 1.03 bits per heavy atom. The minimum absolute atomic E-state index is 0.128. The molecule has 1 aliphatic heterocycles. The SMILES string of the molecule is O=C(COc1ccc2c(c1)O/C(=C\c1ccc(Cl)cc1Cl)C2=O)c1ccc(Br)cc1. The van der Waals surface area contributed by atoms with Gasteiger partial charge in [0.25, 0.3) is 0 Å². The summed E-state index contributed by atoms with van der Waals surface area (Å²) in [5.74, 6) is 0.534. The number of hydrogen-bond acceptors (Lipinski definition) is 4. The number of ether oxygens (including phenoxy) is 2. The number of ketones is 2. The molecule has 0 saturated heterocycles. The number of rotatable bonds is 5. The lowest BCUT2D eigenvalue weighted by Crippen LogP contribution is -2.11. The zero-order chi connectivity index (χ0) is 21.3. The summed E-state index contributed by atoms with van der Waals surface area (Å²) < 4.78 is 12.2. The summed E-state index contributed by atoms with van der Waals surface area (Å²) in [5, 5.41) is 0.918. The molecule has 0 amide bonds. The highest BCUT2D eigenvalue weighted by Gasteiger charge is 2.28. The fraction of sp³-hybridized carbons (Fsp3) is 0.0435. The largest absolute Gasteiger partial charge is 0.485 e. The van der Waals surface area contributed by atoms with Gasteiger partial charge in [0.2, 0.25) is 5.78 Å². The Morgan fingerprint density at radius 3 is 2.53 bits per heavy atom. The van der Waals surface area contributed by atoms with Crippen LogP contribution in [0.2, 0.25) is 10.0 Å². The fourth-order valence-corrected chi connectivity index (χ4v) is 3.61. The van der Waals surface area contributed by atoms with Crippen molar-refractivity contribution in [2.45, 2.75) is 0 Å². The van der Waals surface area contributed by atoms with Gasteiger partial charge in [-0.05, 0) is 48.0 Å². The van der Waals surface area contributed by atoms with Gasteiger partial charge in [-0.25, -0.2) is 0 Å². The normalized spacial score (nSPS) is 13.8. The van der Waals surface area contributed by atoms with Gasteiger partial charge in [-0.1, -0.05) is 57.3 Å². The highest BCUT2D eigenvalue weighted by Crippen LogP contribution is 2.35. The van der Waals surface area contributed by atoms with Crippen LogP contribution in [0.25, 0.3) is 6.08 Å². The molecule has 0 unspecified atom stereocenters. The number of benzene rings is 3. The van der Waals surface area contributed by atoms with Crippen LogP contribution < -0.4 is 9.47 Å². The molecule has 30 heavy (non-hydrogen) atoms. The Morgan fingerprint density at radius 2 is 1.80 bits per heavy atom. The van der Waals surface area contributed by atoms with Crippen LogP contribution in [0, 0.1) is 0 Å². The lowest BCUT2D eigenvalue weighted by Gasteiger charge is -2.07. The quantitative estimate of drug-likeness (QED) is 0.289. The van der Waals surface area contributed by atoms with Crippen LogP contribution in [0.5, 0.6) is 11.5 Å². The van der Waals surface area contributed by atoms with Crippen LogP contribution in [-0.2, 0) is 0 Å². The number of fused-ring (bicyclic) bond motifs is 1. The van der Waals surface area contributed by atoms with E-state index in [0.29, 0.717) is 38.2 Å². The van der Waals surface area contributed by atoms with Crippen molar-refractivity contribution >= 4 is 56.8 Å². The van der Waals surface area contributed by atoms with E-state index in [1.807, 2.05) is 0 Å². The van der Waals surface area contributed by atoms with Gasteiger partial charge in [0.05, 0.1) is 5.56 Å². The van der Waals surface area contributed by atoms with Gasteiger partial charge in [-0.2, -0.15) is 0 Å². The van der Waals surface area contributed by atoms with E-state index in [2.05, 4.69) is 15.9 Å². The van der Waals surface area contributed by atoms with Crippen LogP contribution in [-0.4, -0.2) is 18.2 Å². The van der Waals surface area contributed by atoms with Gasteiger partial charge in [0.1, 0.15) is 11.5 Å². The zero-order valence-electron chi connectivity index (χ0n) is 15.3. The van der Waals surface area contributed by atoms with Crippen molar-refractivity contribution in [1.29, 1.82) is 0 Å². The van der Waals surface area contributed by atoms with E-state index >= 15 is 0 Å². The van der Waals surface area contributed by atoms with Crippen molar-refractivity contribution in [1.82, 2.24) is 0 Å².